The smallest absolute Gasteiger partial charge is 0.255 e. The van der Waals surface area contributed by atoms with Crippen LogP contribution in [0.5, 0.6) is 5.75 Å². The number of nitrogens with one attached hydrogen (secondary N) is 1. The number of hydrogen-bond donors (Lipinski definition) is 2. The van der Waals surface area contributed by atoms with Gasteiger partial charge in [0.15, 0.2) is 0 Å². The van der Waals surface area contributed by atoms with Gasteiger partial charge in [0.2, 0.25) is 0 Å². The van der Waals surface area contributed by atoms with Crippen LogP contribution in [0.4, 0.5) is 4.39 Å². The molecule has 27 heavy (non-hydrogen) atoms. The number of aromatic nitrogens is 1. The Hall–Kier alpha value is -2.77. The maximum Gasteiger partial charge on any atom is 0.255 e. The van der Waals surface area contributed by atoms with Crippen LogP contribution >= 0.6 is 11.3 Å². The van der Waals surface area contributed by atoms with Crippen molar-refractivity contribution in [3.05, 3.63) is 70.3 Å². The van der Waals surface area contributed by atoms with Crippen molar-refractivity contribution in [2.75, 3.05) is 13.2 Å². The highest BCUT2D eigenvalue weighted by Gasteiger charge is 2.15. The number of rotatable bonds is 8. The zero-order valence-electron chi connectivity index (χ0n) is 14.7. The zero-order valence-corrected chi connectivity index (χ0v) is 15.5. The Morgan fingerprint density at radius 2 is 2.04 bits per heavy atom. The normalized spacial score (nSPS) is 10.6. The van der Waals surface area contributed by atoms with Gasteiger partial charge in [0.05, 0.1) is 24.4 Å². The van der Waals surface area contributed by atoms with Gasteiger partial charge in [-0.1, -0.05) is 30.3 Å². The Balaban J connectivity index is 1.66. The molecule has 0 aliphatic heterocycles. The fourth-order valence-corrected chi connectivity index (χ4v) is 3.20. The quantitative estimate of drug-likeness (QED) is 0.581. The average Bonchev–Trinajstić information content (AvgIpc) is 3.17. The summed E-state index contributed by atoms with van der Waals surface area (Å²) in [6.07, 6.45) is 0.653. The predicted molar refractivity (Wildman–Crippen MR) is 104 cm³/mol. The van der Waals surface area contributed by atoms with Gasteiger partial charge in [0, 0.05) is 10.9 Å². The van der Waals surface area contributed by atoms with E-state index in [4.69, 9.17) is 10.5 Å². The Bertz CT molecular complexity index is 899. The number of hydrogen-bond acceptors (Lipinski definition) is 5. The molecule has 0 aliphatic rings. The summed E-state index contributed by atoms with van der Waals surface area (Å²) < 4.78 is 19.1. The van der Waals surface area contributed by atoms with E-state index in [2.05, 4.69) is 10.3 Å². The molecule has 0 radical (unpaired) electrons. The van der Waals surface area contributed by atoms with E-state index in [0.29, 0.717) is 25.3 Å². The SMILES string of the molecule is NCCCOc1ccc(F)cc1C(=O)NCc1nc(-c2ccccc2)cs1. The Labute approximate surface area is 161 Å². The van der Waals surface area contributed by atoms with Crippen LogP contribution in [-0.4, -0.2) is 24.0 Å². The van der Waals surface area contributed by atoms with Crippen molar-refractivity contribution >= 4 is 17.2 Å². The lowest BCUT2D eigenvalue weighted by molar-refractivity contribution is 0.0946. The lowest BCUT2D eigenvalue weighted by atomic mass is 10.2. The van der Waals surface area contributed by atoms with Crippen LogP contribution in [-0.2, 0) is 6.54 Å². The molecule has 0 atom stereocenters. The highest BCUT2D eigenvalue weighted by Crippen LogP contribution is 2.23. The summed E-state index contributed by atoms with van der Waals surface area (Å²) in [7, 11) is 0. The molecular weight excluding hydrogens is 365 g/mol. The van der Waals surface area contributed by atoms with Crippen molar-refractivity contribution in [1.82, 2.24) is 10.3 Å². The standard InChI is InChI=1S/C20H20FN3O2S/c21-15-7-8-18(26-10-4-9-22)16(11-15)20(25)23-12-19-24-17(13-27-19)14-5-2-1-3-6-14/h1-3,5-8,11,13H,4,9-10,12,22H2,(H,23,25). The van der Waals surface area contributed by atoms with Gasteiger partial charge in [0.1, 0.15) is 16.6 Å². The number of thiazole rings is 1. The summed E-state index contributed by atoms with van der Waals surface area (Å²) in [5, 5.41) is 5.49. The largest absolute Gasteiger partial charge is 0.493 e. The highest BCUT2D eigenvalue weighted by molar-refractivity contribution is 7.09. The summed E-state index contributed by atoms with van der Waals surface area (Å²) >= 11 is 1.46. The van der Waals surface area contributed by atoms with E-state index < -0.39 is 11.7 Å². The van der Waals surface area contributed by atoms with Crippen LogP contribution in [0.1, 0.15) is 21.8 Å². The maximum absolute atomic E-state index is 13.6. The molecule has 0 saturated heterocycles. The number of halogens is 1. The number of carbonyl (C=O) groups is 1. The third-order valence-electron chi connectivity index (χ3n) is 3.81. The second-order valence-corrected chi connectivity index (χ2v) is 6.75. The summed E-state index contributed by atoms with van der Waals surface area (Å²) in [4.78, 5) is 17.0. The number of nitrogens with zero attached hydrogens (tertiary/aromatic N) is 1. The molecule has 1 aromatic heterocycles. The van der Waals surface area contributed by atoms with Gasteiger partial charge in [-0.3, -0.25) is 4.79 Å². The molecule has 0 unspecified atom stereocenters. The lowest BCUT2D eigenvalue weighted by Crippen LogP contribution is -2.23. The third kappa shape index (κ3) is 5.12. The first-order valence-corrected chi connectivity index (χ1v) is 9.46. The molecule has 3 aromatic rings. The summed E-state index contributed by atoms with van der Waals surface area (Å²) in [6.45, 7) is 1.11. The molecule has 0 spiro atoms. The molecule has 0 saturated carbocycles. The highest BCUT2D eigenvalue weighted by atomic mass is 32.1. The molecule has 1 amide bonds. The van der Waals surface area contributed by atoms with Crippen LogP contribution in [0.25, 0.3) is 11.3 Å². The third-order valence-corrected chi connectivity index (χ3v) is 4.66. The number of nitrogens with two attached hydrogens (primary N) is 1. The maximum atomic E-state index is 13.6. The van der Waals surface area contributed by atoms with Crippen molar-refractivity contribution in [1.29, 1.82) is 0 Å². The molecular formula is C20H20FN3O2S. The topological polar surface area (TPSA) is 77.2 Å². The first-order chi connectivity index (χ1) is 13.2. The second kappa shape index (κ2) is 9.25. The molecule has 3 N–H and O–H groups in total. The van der Waals surface area contributed by atoms with E-state index in [1.54, 1.807) is 0 Å². The lowest BCUT2D eigenvalue weighted by Gasteiger charge is -2.11. The van der Waals surface area contributed by atoms with Crippen molar-refractivity contribution in [3.8, 4) is 17.0 Å². The monoisotopic (exact) mass is 385 g/mol. The number of benzene rings is 2. The molecule has 7 heteroatoms. The minimum Gasteiger partial charge on any atom is -0.493 e. The van der Waals surface area contributed by atoms with Crippen LogP contribution in [0.2, 0.25) is 0 Å². The molecule has 3 rings (SSSR count). The van der Waals surface area contributed by atoms with Gasteiger partial charge in [0.25, 0.3) is 5.91 Å². The van der Waals surface area contributed by atoms with Crippen molar-refractivity contribution < 1.29 is 13.9 Å². The van der Waals surface area contributed by atoms with Gasteiger partial charge in [-0.25, -0.2) is 9.37 Å². The van der Waals surface area contributed by atoms with E-state index in [-0.39, 0.29) is 12.1 Å². The summed E-state index contributed by atoms with van der Waals surface area (Å²) in [6, 6.07) is 13.7. The van der Waals surface area contributed by atoms with E-state index >= 15 is 0 Å². The number of amides is 1. The van der Waals surface area contributed by atoms with E-state index in [0.717, 1.165) is 16.3 Å². The van der Waals surface area contributed by atoms with Gasteiger partial charge >= 0.3 is 0 Å². The Morgan fingerprint density at radius 3 is 2.81 bits per heavy atom. The van der Waals surface area contributed by atoms with Crippen LogP contribution < -0.4 is 15.8 Å². The Kier molecular flexibility index (Phi) is 6.51. The average molecular weight is 385 g/mol. The van der Waals surface area contributed by atoms with Crippen molar-refractivity contribution in [2.45, 2.75) is 13.0 Å². The summed E-state index contributed by atoms with van der Waals surface area (Å²) in [5.41, 5.74) is 7.49. The predicted octanol–water partition coefficient (Wildman–Crippen LogP) is 3.61. The fraction of sp³-hybridized carbons (Fsp3) is 0.200. The molecule has 0 fully saturated rings. The molecule has 0 bridgehead atoms. The summed E-state index contributed by atoms with van der Waals surface area (Å²) in [5.74, 6) is -0.563. The van der Waals surface area contributed by atoms with Crippen LogP contribution in [0.15, 0.2) is 53.9 Å². The van der Waals surface area contributed by atoms with E-state index in [1.807, 2.05) is 35.7 Å². The second-order valence-electron chi connectivity index (χ2n) is 5.81. The van der Waals surface area contributed by atoms with Gasteiger partial charge in [-0.05, 0) is 31.2 Å². The van der Waals surface area contributed by atoms with Gasteiger partial charge < -0.3 is 15.8 Å². The molecule has 1 heterocycles. The molecule has 2 aromatic carbocycles. The first-order valence-electron chi connectivity index (χ1n) is 8.58. The fourth-order valence-electron chi connectivity index (χ4n) is 2.46. The van der Waals surface area contributed by atoms with Crippen molar-refractivity contribution in [3.63, 3.8) is 0 Å². The first kappa shape index (κ1) is 19.0. The van der Waals surface area contributed by atoms with Gasteiger partial charge in [-0.15, -0.1) is 11.3 Å². The van der Waals surface area contributed by atoms with Crippen molar-refractivity contribution in [2.24, 2.45) is 5.73 Å². The number of carbonyl (C=O) groups excluding carboxylic acids is 1. The zero-order chi connectivity index (χ0) is 19.1. The Morgan fingerprint density at radius 1 is 1.22 bits per heavy atom. The van der Waals surface area contributed by atoms with Crippen LogP contribution in [0, 0.1) is 5.82 Å². The molecule has 5 nitrogen and oxygen atoms in total. The minimum atomic E-state index is -0.494. The molecule has 0 aliphatic carbocycles. The van der Waals surface area contributed by atoms with E-state index in [1.165, 1.54) is 29.5 Å². The van der Waals surface area contributed by atoms with E-state index in [9.17, 15) is 9.18 Å². The van der Waals surface area contributed by atoms with Crippen LogP contribution in [0.3, 0.4) is 0 Å². The molecule has 140 valence electrons. The minimum absolute atomic E-state index is 0.159. The number of ether oxygens (including phenoxy) is 1. The van der Waals surface area contributed by atoms with Gasteiger partial charge in [-0.2, -0.15) is 0 Å².